The minimum atomic E-state index is -0.334. The molecule has 0 aliphatic heterocycles. The van der Waals surface area contributed by atoms with Crippen molar-refractivity contribution in [3.05, 3.63) is 71.0 Å². The van der Waals surface area contributed by atoms with Crippen molar-refractivity contribution in [3.63, 3.8) is 0 Å². The van der Waals surface area contributed by atoms with Crippen LogP contribution in [0.1, 0.15) is 23.1 Å². The first kappa shape index (κ1) is 13.6. The number of fused-ring (bicyclic) bond motifs is 1. The fourth-order valence-electron chi connectivity index (χ4n) is 2.61. The predicted molar refractivity (Wildman–Crippen MR) is 82.5 cm³/mol. The number of hydrogen-bond donors (Lipinski definition) is 1. The molecule has 0 heterocycles. The molecule has 0 saturated carbocycles. The van der Waals surface area contributed by atoms with Gasteiger partial charge in [-0.05, 0) is 54.7 Å². The third kappa shape index (κ3) is 3.19. The lowest BCUT2D eigenvalue weighted by molar-refractivity contribution is -0.111. The summed E-state index contributed by atoms with van der Waals surface area (Å²) < 4.78 is 13.4. The Bertz CT molecular complexity index is 706. The van der Waals surface area contributed by atoms with Crippen LogP contribution >= 0.6 is 0 Å². The molecule has 21 heavy (non-hydrogen) atoms. The fourth-order valence-corrected chi connectivity index (χ4v) is 2.61. The van der Waals surface area contributed by atoms with E-state index in [2.05, 4.69) is 11.4 Å². The van der Waals surface area contributed by atoms with Crippen LogP contribution in [-0.4, -0.2) is 5.91 Å². The first-order chi connectivity index (χ1) is 10.2. The molecule has 0 aromatic heterocycles. The molecule has 3 rings (SSSR count). The summed E-state index contributed by atoms with van der Waals surface area (Å²) >= 11 is 0. The molecule has 2 nitrogen and oxygen atoms in total. The summed E-state index contributed by atoms with van der Waals surface area (Å²) in [6.45, 7) is 0. The first-order valence-electron chi connectivity index (χ1n) is 7.08. The highest BCUT2D eigenvalue weighted by Gasteiger charge is 2.11. The Balaban J connectivity index is 1.68. The molecule has 1 aliphatic rings. The van der Waals surface area contributed by atoms with Gasteiger partial charge in [0.25, 0.3) is 0 Å². The second-order valence-corrected chi connectivity index (χ2v) is 5.18. The molecule has 0 bridgehead atoms. The van der Waals surface area contributed by atoms with E-state index in [0.717, 1.165) is 18.5 Å². The van der Waals surface area contributed by atoms with Crippen LogP contribution in [0, 0.1) is 5.82 Å². The monoisotopic (exact) mass is 281 g/mol. The van der Waals surface area contributed by atoms with Crippen LogP contribution in [0.5, 0.6) is 0 Å². The van der Waals surface area contributed by atoms with Gasteiger partial charge in [0.1, 0.15) is 5.82 Å². The molecule has 0 fully saturated rings. The number of rotatable bonds is 3. The second kappa shape index (κ2) is 5.92. The molecule has 0 spiro atoms. The van der Waals surface area contributed by atoms with Crippen LogP contribution in [0.3, 0.4) is 0 Å². The van der Waals surface area contributed by atoms with Crippen LogP contribution in [0.25, 0.3) is 6.08 Å². The molecule has 3 heteroatoms. The Morgan fingerprint density at radius 1 is 1.10 bits per heavy atom. The maximum absolute atomic E-state index is 13.4. The van der Waals surface area contributed by atoms with Gasteiger partial charge in [-0.25, -0.2) is 4.39 Å². The zero-order valence-electron chi connectivity index (χ0n) is 11.6. The summed E-state index contributed by atoms with van der Waals surface area (Å²) in [4.78, 5) is 11.9. The lowest BCUT2D eigenvalue weighted by Gasteiger charge is -2.05. The molecule has 0 radical (unpaired) electrons. The Morgan fingerprint density at radius 3 is 2.76 bits per heavy atom. The summed E-state index contributed by atoms with van der Waals surface area (Å²) in [5.41, 5.74) is 3.88. The van der Waals surface area contributed by atoms with Crippen molar-refractivity contribution in [2.75, 3.05) is 5.32 Å². The maximum atomic E-state index is 13.4. The van der Waals surface area contributed by atoms with Gasteiger partial charge in [0.15, 0.2) is 0 Å². The average molecular weight is 281 g/mol. The van der Waals surface area contributed by atoms with E-state index >= 15 is 0 Å². The van der Waals surface area contributed by atoms with Crippen molar-refractivity contribution in [1.29, 1.82) is 0 Å². The summed E-state index contributed by atoms with van der Waals surface area (Å²) in [5.74, 6) is -0.588. The number of carbonyl (C=O) groups is 1. The summed E-state index contributed by atoms with van der Waals surface area (Å²) in [7, 11) is 0. The quantitative estimate of drug-likeness (QED) is 0.847. The summed E-state index contributed by atoms with van der Waals surface area (Å²) in [6, 6.07) is 12.4. The van der Waals surface area contributed by atoms with Crippen molar-refractivity contribution in [3.8, 4) is 0 Å². The summed E-state index contributed by atoms with van der Waals surface area (Å²) in [5, 5.41) is 2.81. The van der Waals surface area contributed by atoms with Gasteiger partial charge in [0, 0.05) is 17.3 Å². The highest BCUT2D eigenvalue weighted by molar-refractivity contribution is 6.02. The lowest BCUT2D eigenvalue weighted by Crippen LogP contribution is -2.08. The average Bonchev–Trinajstić information content (AvgIpc) is 2.94. The largest absolute Gasteiger partial charge is 0.323 e. The van der Waals surface area contributed by atoms with E-state index in [0.29, 0.717) is 5.56 Å². The zero-order chi connectivity index (χ0) is 14.7. The molecule has 0 unspecified atom stereocenters. The number of anilines is 1. The number of amides is 1. The van der Waals surface area contributed by atoms with Crippen molar-refractivity contribution in [2.45, 2.75) is 19.3 Å². The molecule has 1 amide bonds. The minimum Gasteiger partial charge on any atom is -0.323 e. The lowest BCUT2D eigenvalue weighted by atomic mass is 10.1. The number of aryl methyl sites for hydroxylation is 2. The van der Waals surface area contributed by atoms with Crippen LogP contribution in [0.4, 0.5) is 10.1 Å². The Labute approximate surface area is 123 Å². The van der Waals surface area contributed by atoms with Crippen LogP contribution in [0.15, 0.2) is 48.5 Å². The summed E-state index contributed by atoms with van der Waals surface area (Å²) in [6.07, 6.45) is 6.21. The number of benzene rings is 2. The second-order valence-electron chi connectivity index (χ2n) is 5.18. The van der Waals surface area contributed by atoms with Crippen LogP contribution < -0.4 is 5.32 Å². The van der Waals surface area contributed by atoms with Crippen LogP contribution in [-0.2, 0) is 17.6 Å². The van der Waals surface area contributed by atoms with Gasteiger partial charge in [0.2, 0.25) is 5.91 Å². The highest BCUT2D eigenvalue weighted by atomic mass is 19.1. The maximum Gasteiger partial charge on any atom is 0.248 e. The fraction of sp³-hybridized carbons (Fsp3) is 0.167. The van der Waals surface area contributed by atoms with E-state index in [9.17, 15) is 9.18 Å². The van der Waals surface area contributed by atoms with Crippen LogP contribution in [0.2, 0.25) is 0 Å². The molecule has 0 saturated heterocycles. The Kier molecular flexibility index (Phi) is 3.82. The predicted octanol–water partition coefficient (Wildman–Crippen LogP) is 3.97. The molecule has 106 valence electrons. The smallest absolute Gasteiger partial charge is 0.248 e. The van der Waals surface area contributed by atoms with Gasteiger partial charge < -0.3 is 5.32 Å². The van der Waals surface area contributed by atoms with E-state index in [1.54, 1.807) is 18.2 Å². The van der Waals surface area contributed by atoms with Gasteiger partial charge in [-0.3, -0.25) is 4.79 Å². The minimum absolute atomic E-state index is 0.254. The van der Waals surface area contributed by atoms with Crippen molar-refractivity contribution < 1.29 is 9.18 Å². The Morgan fingerprint density at radius 2 is 1.90 bits per heavy atom. The molecular formula is C18H16FNO. The third-order valence-electron chi connectivity index (χ3n) is 3.69. The Hall–Kier alpha value is -2.42. The molecule has 2 aromatic rings. The topological polar surface area (TPSA) is 29.1 Å². The highest BCUT2D eigenvalue weighted by Crippen LogP contribution is 2.24. The molecular weight excluding hydrogens is 265 g/mol. The molecule has 0 atom stereocenters. The van der Waals surface area contributed by atoms with Gasteiger partial charge >= 0.3 is 0 Å². The van der Waals surface area contributed by atoms with Gasteiger partial charge in [0.05, 0.1) is 0 Å². The van der Waals surface area contributed by atoms with E-state index in [4.69, 9.17) is 0 Å². The zero-order valence-corrected chi connectivity index (χ0v) is 11.6. The van der Waals surface area contributed by atoms with Gasteiger partial charge in [-0.1, -0.05) is 24.3 Å². The van der Waals surface area contributed by atoms with Gasteiger partial charge in [-0.2, -0.15) is 0 Å². The molecule has 1 N–H and O–H groups in total. The SMILES string of the molecule is O=C(/C=C/c1ccccc1F)Nc1ccc2c(c1)CCC2. The van der Waals surface area contributed by atoms with E-state index in [1.807, 2.05) is 12.1 Å². The number of halogens is 1. The van der Waals surface area contributed by atoms with Gasteiger partial charge in [-0.15, -0.1) is 0 Å². The van der Waals surface area contributed by atoms with E-state index < -0.39 is 0 Å². The van der Waals surface area contributed by atoms with Crippen molar-refractivity contribution in [2.24, 2.45) is 0 Å². The van der Waals surface area contributed by atoms with Crippen molar-refractivity contribution in [1.82, 2.24) is 0 Å². The van der Waals surface area contributed by atoms with Crippen molar-refractivity contribution >= 4 is 17.7 Å². The number of nitrogens with one attached hydrogen (secondary N) is 1. The van der Waals surface area contributed by atoms with E-state index in [1.165, 1.54) is 35.8 Å². The first-order valence-corrected chi connectivity index (χ1v) is 7.08. The standard InChI is InChI=1S/C18H16FNO/c19-17-7-2-1-4-14(17)9-11-18(21)20-16-10-8-13-5-3-6-15(13)12-16/h1-2,4,7-12H,3,5-6H2,(H,20,21)/b11-9+. The number of carbonyl (C=O) groups excluding carboxylic acids is 1. The third-order valence-corrected chi connectivity index (χ3v) is 3.69. The molecule has 1 aliphatic carbocycles. The normalized spacial score (nSPS) is 13.4. The van der Waals surface area contributed by atoms with E-state index in [-0.39, 0.29) is 11.7 Å². The number of hydrogen-bond acceptors (Lipinski definition) is 1. The molecule has 2 aromatic carbocycles.